The molecule has 0 bridgehead atoms. The lowest BCUT2D eigenvalue weighted by Gasteiger charge is -2.08. The Morgan fingerprint density at radius 1 is 1.25 bits per heavy atom. The first-order valence-electron chi connectivity index (χ1n) is 7.45. The van der Waals surface area contributed by atoms with Crippen LogP contribution in [0.25, 0.3) is 0 Å². The van der Waals surface area contributed by atoms with Gasteiger partial charge in [0.15, 0.2) is 0 Å². The maximum Gasteiger partial charge on any atom is 0.251 e. The van der Waals surface area contributed by atoms with Crippen LogP contribution in [-0.2, 0) is 11.3 Å². The highest BCUT2D eigenvalue weighted by atomic mass is 19.1. The molecule has 2 rings (SSSR count). The highest BCUT2D eigenvalue weighted by molar-refractivity contribution is 5.99. The van der Waals surface area contributed by atoms with E-state index in [-0.39, 0.29) is 12.5 Å². The summed E-state index contributed by atoms with van der Waals surface area (Å²) in [5.74, 6) is -1.22. The second kappa shape index (κ2) is 8.21. The summed E-state index contributed by atoms with van der Waals surface area (Å²) in [6, 6.07) is 5.10. The molecule has 8 heteroatoms. The second-order valence-corrected chi connectivity index (χ2v) is 5.53. The van der Waals surface area contributed by atoms with E-state index in [0.29, 0.717) is 17.8 Å². The Morgan fingerprint density at radius 2 is 1.96 bits per heavy atom. The molecule has 0 spiro atoms. The maximum atomic E-state index is 12.8. The third-order valence-corrected chi connectivity index (χ3v) is 3.21. The van der Waals surface area contributed by atoms with Gasteiger partial charge in [0.2, 0.25) is 5.91 Å². The van der Waals surface area contributed by atoms with E-state index in [0.717, 1.165) is 6.54 Å². The van der Waals surface area contributed by atoms with Crippen LogP contribution in [0.1, 0.15) is 10.4 Å². The lowest BCUT2D eigenvalue weighted by Crippen LogP contribution is -2.32. The van der Waals surface area contributed by atoms with Crippen LogP contribution in [0.15, 0.2) is 36.7 Å². The van der Waals surface area contributed by atoms with Crippen molar-refractivity contribution in [3.8, 4) is 0 Å². The fraction of sp³-hybridized carbons (Fsp3) is 0.312. The molecule has 2 aromatic rings. The van der Waals surface area contributed by atoms with Crippen molar-refractivity contribution in [2.45, 2.75) is 6.54 Å². The minimum Gasteiger partial charge on any atom is -0.343 e. The van der Waals surface area contributed by atoms with E-state index in [2.05, 4.69) is 15.7 Å². The standard InChI is InChI=1S/C16H20FN5O2/c1-21(2)7-8-22-11-14(9-19-22)20-15(23)10-18-16(24)12-3-5-13(17)6-4-12/h3-6,9,11H,7-8,10H2,1-2H3,(H,18,24)(H,20,23). The molecule has 1 heterocycles. The van der Waals surface area contributed by atoms with Gasteiger partial charge in [-0.2, -0.15) is 5.10 Å². The number of likely N-dealkylation sites (N-methyl/N-ethyl adjacent to an activating group) is 1. The zero-order valence-corrected chi connectivity index (χ0v) is 13.6. The van der Waals surface area contributed by atoms with E-state index in [1.165, 1.54) is 24.3 Å². The van der Waals surface area contributed by atoms with Gasteiger partial charge >= 0.3 is 0 Å². The van der Waals surface area contributed by atoms with Crippen molar-refractivity contribution < 1.29 is 14.0 Å². The Labute approximate surface area is 139 Å². The average molecular weight is 333 g/mol. The van der Waals surface area contributed by atoms with Gasteiger partial charge in [0.25, 0.3) is 5.91 Å². The van der Waals surface area contributed by atoms with Gasteiger partial charge in [-0.3, -0.25) is 14.3 Å². The maximum absolute atomic E-state index is 12.8. The minimum atomic E-state index is -0.438. The number of rotatable bonds is 7. The first-order valence-corrected chi connectivity index (χ1v) is 7.45. The largest absolute Gasteiger partial charge is 0.343 e. The highest BCUT2D eigenvalue weighted by Gasteiger charge is 2.09. The van der Waals surface area contributed by atoms with E-state index in [9.17, 15) is 14.0 Å². The van der Waals surface area contributed by atoms with Crippen LogP contribution in [0.5, 0.6) is 0 Å². The van der Waals surface area contributed by atoms with Crippen LogP contribution in [0.3, 0.4) is 0 Å². The molecule has 0 aliphatic heterocycles. The normalized spacial score (nSPS) is 10.7. The van der Waals surface area contributed by atoms with Gasteiger partial charge in [-0.05, 0) is 38.4 Å². The van der Waals surface area contributed by atoms with E-state index < -0.39 is 11.7 Å². The van der Waals surface area contributed by atoms with Crippen LogP contribution in [0, 0.1) is 5.82 Å². The molecule has 2 amide bonds. The van der Waals surface area contributed by atoms with Crippen molar-refractivity contribution in [1.29, 1.82) is 0 Å². The summed E-state index contributed by atoms with van der Waals surface area (Å²) in [6.07, 6.45) is 3.28. The fourth-order valence-corrected chi connectivity index (χ4v) is 1.92. The predicted molar refractivity (Wildman–Crippen MR) is 88.1 cm³/mol. The van der Waals surface area contributed by atoms with Gasteiger partial charge in [-0.25, -0.2) is 4.39 Å². The lowest BCUT2D eigenvalue weighted by molar-refractivity contribution is -0.115. The number of halogens is 1. The summed E-state index contributed by atoms with van der Waals surface area (Å²) in [6.45, 7) is 1.37. The molecule has 0 radical (unpaired) electrons. The highest BCUT2D eigenvalue weighted by Crippen LogP contribution is 2.05. The van der Waals surface area contributed by atoms with Crippen molar-refractivity contribution in [3.05, 3.63) is 48.0 Å². The topological polar surface area (TPSA) is 79.3 Å². The lowest BCUT2D eigenvalue weighted by atomic mass is 10.2. The van der Waals surface area contributed by atoms with Gasteiger partial charge in [0.1, 0.15) is 5.82 Å². The molecule has 24 heavy (non-hydrogen) atoms. The van der Waals surface area contributed by atoms with Gasteiger partial charge in [0.05, 0.1) is 25.0 Å². The Kier molecular flexibility index (Phi) is 6.02. The van der Waals surface area contributed by atoms with Crippen LogP contribution < -0.4 is 10.6 Å². The van der Waals surface area contributed by atoms with E-state index >= 15 is 0 Å². The summed E-state index contributed by atoms with van der Waals surface area (Å²) >= 11 is 0. The summed E-state index contributed by atoms with van der Waals surface area (Å²) in [4.78, 5) is 25.7. The fourth-order valence-electron chi connectivity index (χ4n) is 1.92. The monoisotopic (exact) mass is 333 g/mol. The minimum absolute atomic E-state index is 0.181. The molecule has 128 valence electrons. The summed E-state index contributed by atoms with van der Waals surface area (Å²) in [5, 5.41) is 9.28. The molecule has 2 N–H and O–H groups in total. The Balaban J connectivity index is 1.78. The summed E-state index contributed by atoms with van der Waals surface area (Å²) in [5.41, 5.74) is 0.857. The van der Waals surface area contributed by atoms with Gasteiger partial charge in [0, 0.05) is 18.3 Å². The van der Waals surface area contributed by atoms with E-state index in [4.69, 9.17) is 0 Å². The molecular formula is C16H20FN5O2. The first kappa shape index (κ1) is 17.6. The molecule has 0 atom stereocenters. The Bertz CT molecular complexity index is 697. The number of hydrogen-bond acceptors (Lipinski definition) is 4. The third-order valence-electron chi connectivity index (χ3n) is 3.21. The summed E-state index contributed by atoms with van der Waals surface area (Å²) < 4.78 is 14.5. The number of hydrogen-bond donors (Lipinski definition) is 2. The zero-order valence-electron chi connectivity index (χ0n) is 13.6. The molecule has 1 aromatic heterocycles. The number of benzene rings is 1. The van der Waals surface area contributed by atoms with Gasteiger partial charge < -0.3 is 15.5 Å². The van der Waals surface area contributed by atoms with Crippen LogP contribution >= 0.6 is 0 Å². The van der Waals surface area contributed by atoms with Crippen molar-refractivity contribution >= 4 is 17.5 Å². The molecule has 0 fully saturated rings. The number of carbonyl (C=O) groups is 2. The second-order valence-electron chi connectivity index (χ2n) is 5.53. The number of anilines is 1. The van der Waals surface area contributed by atoms with Crippen molar-refractivity contribution in [2.75, 3.05) is 32.5 Å². The number of carbonyl (C=O) groups excluding carboxylic acids is 2. The average Bonchev–Trinajstić information content (AvgIpc) is 2.98. The van der Waals surface area contributed by atoms with Crippen LogP contribution in [-0.4, -0.2) is 53.7 Å². The SMILES string of the molecule is CN(C)CCn1cc(NC(=O)CNC(=O)c2ccc(F)cc2)cn1. The molecular weight excluding hydrogens is 313 g/mol. The van der Waals surface area contributed by atoms with Crippen molar-refractivity contribution in [2.24, 2.45) is 0 Å². The number of amides is 2. The Hall–Kier alpha value is -2.74. The quantitative estimate of drug-likeness (QED) is 0.791. The molecule has 0 saturated carbocycles. The number of nitrogens with zero attached hydrogens (tertiary/aromatic N) is 3. The number of nitrogens with one attached hydrogen (secondary N) is 2. The summed E-state index contributed by atoms with van der Waals surface area (Å²) in [7, 11) is 3.94. The van der Waals surface area contributed by atoms with E-state index in [1.54, 1.807) is 17.1 Å². The van der Waals surface area contributed by atoms with E-state index in [1.807, 2.05) is 19.0 Å². The molecule has 1 aromatic carbocycles. The van der Waals surface area contributed by atoms with Crippen molar-refractivity contribution in [3.63, 3.8) is 0 Å². The zero-order chi connectivity index (χ0) is 17.5. The van der Waals surface area contributed by atoms with Crippen LogP contribution in [0.2, 0.25) is 0 Å². The predicted octanol–water partition coefficient (Wildman–Crippen LogP) is 0.952. The first-order chi connectivity index (χ1) is 11.4. The number of aromatic nitrogens is 2. The van der Waals surface area contributed by atoms with Crippen molar-refractivity contribution in [1.82, 2.24) is 20.0 Å². The third kappa shape index (κ3) is 5.47. The van der Waals surface area contributed by atoms with Gasteiger partial charge in [-0.1, -0.05) is 0 Å². The Morgan fingerprint density at radius 3 is 2.62 bits per heavy atom. The smallest absolute Gasteiger partial charge is 0.251 e. The molecule has 0 unspecified atom stereocenters. The molecule has 0 saturated heterocycles. The molecule has 0 aliphatic rings. The molecule has 0 aliphatic carbocycles. The molecule has 7 nitrogen and oxygen atoms in total. The van der Waals surface area contributed by atoms with Gasteiger partial charge in [-0.15, -0.1) is 0 Å². The van der Waals surface area contributed by atoms with Crippen LogP contribution in [0.4, 0.5) is 10.1 Å².